The maximum absolute atomic E-state index is 12.2. The van der Waals surface area contributed by atoms with Crippen LogP contribution < -0.4 is 11.1 Å². The van der Waals surface area contributed by atoms with Crippen LogP contribution in [0.15, 0.2) is 23.6 Å². The van der Waals surface area contributed by atoms with E-state index >= 15 is 0 Å². The fourth-order valence-corrected chi connectivity index (χ4v) is 2.89. The smallest absolute Gasteiger partial charge is 0.237 e. The number of aryl methyl sites for hydroxylation is 1. The van der Waals surface area contributed by atoms with Gasteiger partial charge in [-0.2, -0.15) is 0 Å². The van der Waals surface area contributed by atoms with Crippen LogP contribution in [0, 0.1) is 0 Å². The van der Waals surface area contributed by atoms with Gasteiger partial charge in [-0.3, -0.25) is 4.79 Å². The lowest BCUT2D eigenvalue weighted by Gasteiger charge is -2.14. The summed E-state index contributed by atoms with van der Waals surface area (Å²) in [5.74, 6) is -0.237. The number of carbonyl (C=O) groups excluding carboxylic acids is 1. The summed E-state index contributed by atoms with van der Waals surface area (Å²) in [4.78, 5) is 12.2. The Morgan fingerprint density at radius 3 is 2.76 bits per heavy atom. The van der Waals surface area contributed by atoms with Crippen molar-refractivity contribution in [3.63, 3.8) is 0 Å². The summed E-state index contributed by atoms with van der Waals surface area (Å²) in [6, 6.07) is 3.05. The molecule has 21 heavy (non-hydrogen) atoms. The van der Waals surface area contributed by atoms with Gasteiger partial charge in [0.05, 0.1) is 21.6 Å². The van der Waals surface area contributed by atoms with Crippen LogP contribution in [0.2, 0.25) is 10.0 Å². The van der Waals surface area contributed by atoms with Gasteiger partial charge in [0.1, 0.15) is 6.33 Å². The normalized spacial score (nSPS) is 12.2. The van der Waals surface area contributed by atoms with E-state index in [2.05, 4.69) is 15.5 Å². The fourth-order valence-electron chi connectivity index (χ4n) is 1.54. The topological polar surface area (TPSA) is 85.8 Å². The van der Waals surface area contributed by atoms with Crippen LogP contribution in [-0.2, 0) is 11.8 Å². The number of amides is 1. The molecule has 1 heterocycles. The molecule has 1 aromatic heterocycles. The predicted molar refractivity (Wildman–Crippen MR) is 85.8 cm³/mol. The van der Waals surface area contributed by atoms with E-state index in [0.717, 1.165) is 0 Å². The average Bonchev–Trinajstić information content (AvgIpc) is 2.79. The molecule has 1 atom stereocenters. The first-order chi connectivity index (χ1) is 9.88. The van der Waals surface area contributed by atoms with Gasteiger partial charge in [0, 0.05) is 12.1 Å². The zero-order chi connectivity index (χ0) is 15.6. The van der Waals surface area contributed by atoms with Crippen molar-refractivity contribution in [2.75, 3.05) is 11.1 Å². The summed E-state index contributed by atoms with van der Waals surface area (Å²) < 4.78 is 1.73. The summed E-state index contributed by atoms with van der Waals surface area (Å²) in [7, 11) is 1.81. The Labute approximate surface area is 136 Å². The molecule has 0 saturated heterocycles. The number of nitrogens with two attached hydrogens (primary N) is 1. The quantitative estimate of drug-likeness (QED) is 0.657. The number of halogens is 2. The zero-order valence-corrected chi connectivity index (χ0v) is 13.6. The maximum atomic E-state index is 12.2. The molecule has 6 nitrogen and oxygen atoms in total. The van der Waals surface area contributed by atoms with Gasteiger partial charge >= 0.3 is 0 Å². The van der Waals surface area contributed by atoms with Crippen molar-refractivity contribution in [3.05, 3.63) is 28.5 Å². The summed E-state index contributed by atoms with van der Waals surface area (Å²) in [6.07, 6.45) is 1.57. The summed E-state index contributed by atoms with van der Waals surface area (Å²) >= 11 is 13.2. The van der Waals surface area contributed by atoms with Crippen molar-refractivity contribution in [1.82, 2.24) is 14.8 Å². The highest BCUT2D eigenvalue weighted by atomic mass is 35.5. The van der Waals surface area contributed by atoms with Gasteiger partial charge < -0.3 is 15.6 Å². The molecule has 1 amide bonds. The Morgan fingerprint density at radius 2 is 2.19 bits per heavy atom. The molecule has 9 heteroatoms. The Kier molecular flexibility index (Phi) is 4.97. The largest absolute Gasteiger partial charge is 0.397 e. The van der Waals surface area contributed by atoms with Gasteiger partial charge in [0.15, 0.2) is 5.16 Å². The molecule has 0 spiro atoms. The second-order valence-corrected chi connectivity index (χ2v) is 6.48. The zero-order valence-electron chi connectivity index (χ0n) is 11.3. The van der Waals surface area contributed by atoms with Gasteiger partial charge in [-0.15, -0.1) is 10.2 Å². The van der Waals surface area contributed by atoms with E-state index in [1.807, 2.05) is 0 Å². The van der Waals surface area contributed by atoms with E-state index in [1.165, 1.54) is 23.9 Å². The molecule has 2 rings (SSSR count). The fraction of sp³-hybridized carbons (Fsp3) is 0.250. The standard InChI is InChI=1S/C12H13Cl2N5OS/c1-6(21-12-18-16-5-19(12)2)11(20)17-10-8(14)3-7(13)4-9(10)15/h3-6H,15H2,1-2H3,(H,17,20). The molecule has 0 saturated carbocycles. The summed E-state index contributed by atoms with van der Waals surface area (Å²) in [6.45, 7) is 1.76. The van der Waals surface area contributed by atoms with E-state index in [1.54, 1.807) is 24.9 Å². The highest BCUT2D eigenvalue weighted by Gasteiger charge is 2.19. The third-order valence-corrected chi connectivity index (χ3v) is 4.32. The number of aromatic nitrogens is 3. The number of nitrogens with one attached hydrogen (secondary N) is 1. The van der Waals surface area contributed by atoms with Crippen LogP contribution in [0.4, 0.5) is 11.4 Å². The van der Waals surface area contributed by atoms with Gasteiger partial charge in [0.25, 0.3) is 0 Å². The van der Waals surface area contributed by atoms with Crippen LogP contribution in [0.25, 0.3) is 0 Å². The molecule has 1 unspecified atom stereocenters. The maximum Gasteiger partial charge on any atom is 0.237 e. The first kappa shape index (κ1) is 15.9. The van der Waals surface area contributed by atoms with E-state index in [4.69, 9.17) is 28.9 Å². The van der Waals surface area contributed by atoms with Crippen molar-refractivity contribution < 1.29 is 4.79 Å². The van der Waals surface area contributed by atoms with E-state index in [-0.39, 0.29) is 11.2 Å². The molecule has 0 aliphatic rings. The third kappa shape index (κ3) is 3.81. The number of hydrogen-bond acceptors (Lipinski definition) is 5. The lowest BCUT2D eigenvalue weighted by atomic mass is 10.2. The second kappa shape index (κ2) is 6.55. The molecule has 0 radical (unpaired) electrons. The number of nitrogen functional groups attached to an aromatic ring is 1. The number of rotatable bonds is 4. The number of nitrogens with zero attached hydrogens (tertiary/aromatic N) is 3. The molecule has 112 valence electrons. The molecule has 0 aliphatic carbocycles. The Balaban J connectivity index is 2.09. The second-order valence-electron chi connectivity index (χ2n) is 4.33. The monoisotopic (exact) mass is 345 g/mol. The van der Waals surface area contributed by atoms with Crippen molar-refractivity contribution >= 4 is 52.2 Å². The van der Waals surface area contributed by atoms with Crippen LogP contribution in [0.1, 0.15) is 6.92 Å². The van der Waals surface area contributed by atoms with Gasteiger partial charge in [-0.1, -0.05) is 35.0 Å². The van der Waals surface area contributed by atoms with Crippen molar-refractivity contribution in [2.24, 2.45) is 7.05 Å². The lowest BCUT2D eigenvalue weighted by Crippen LogP contribution is -2.23. The molecule has 2 aromatic rings. The molecular weight excluding hydrogens is 333 g/mol. The average molecular weight is 346 g/mol. The lowest BCUT2D eigenvalue weighted by molar-refractivity contribution is -0.115. The minimum absolute atomic E-state index is 0.237. The van der Waals surface area contributed by atoms with Crippen LogP contribution in [0.5, 0.6) is 0 Å². The van der Waals surface area contributed by atoms with Crippen molar-refractivity contribution in [3.8, 4) is 0 Å². The van der Waals surface area contributed by atoms with Crippen LogP contribution >= 0.6 is 35.0 Å². The van der Waals surface area contributed by atoms with E-state index in [9.17, 15) is 4.79 Å². The number of thioether (sulfide) groups is 1. The third-order valence-electron chi connectivity index (χ3n) is 2.65. The molecule has 0 aliphatic heterocycles. The van der Waals surface area contributed by atoms with Gasteiger partial charge in [-0.25, -0.2) is 0 Å². The number of anilines is 2. The number of hydrogen-bond donors (Lipinski definition) is 2. The minimum atomic E-state index is -0.390. The molecule has 3 N–H and O–H groups in total. The van der Waals surface area contributed by atoms with Crippen LogP contribution in [0.3, 0.4) is 0 Å². The Bertz CT molecular complexity index is 652. The van der Waals surface area contributed by atoms with Crippen molar-refractivity contribution in [1.29, 1.82) is 0 Å². The Hall–Kier alpha value is -1.44. The highest BCUT2D eigenvalue weighted by molar-refractivity contribution is 8.00. The van der Waals surface area contributed by atoms with E-state index in [0.29, 0.717) is 26.6 Å². The Morgan fingerprint density at radius 1 is 1.48 bits per heavy atom. The predicted octanol–water partition coefficient (Wildman–Crippen LogP) is 2.82. The van der Waals surface area contributed by atoms with Crippen molar-refractivity contribution in [2.45, 2.75) is 17.3 Å². The van der Waals surface area contributed by atoms with Gasteiger partial charge in [-0.05, 0) is 19.1 Å². The minimum Gasteiger partial charge on any atom is -0.397 e. The molecule has 0 bridgehead atoms. The SMILES string of the molecule is CC(Sc1nncn1C)C(=O)Nc1c(N)cc(Cl)cc1Cl. The summed E-state index contributed by atoms with van der Waals surface area (Å²) in [5, 5.41) is 11.4. The molecular formula is C12H13Cl2N5OS. The number of carbonyl (C=O) groups is 1. The van der Waals surface area contributed by atoms with Gasteiger partial charge in [0.2, 0.25) is 5.91 Å². The highest BCUT2D eigenvalue weighted by Crippen LogP contribution is 2.32. The number of benzene rings is 1. The molecule has 0 fully saturated rings. The molecule has 1 aromatic carbocycles. The van der Waals surface area contributed by atoms with Crippen LogP contribution in [-0.4, -0.2) is 25.9 Å². The van der Waals surface area contributed by atoms with E-state index < -0.39 is 0 Å². The first-order valence-corrected chi connectivity index (χ1v) is 7.58. The first-order valence-electron chi connectivity index (χ1n) is 5.94. The summed E-state index contributed by atoms with van der Waals surface area (Å²) in [5.41, 5.74) is 6.49.